The van der Waals surface area contributed by atoms with E-state index in [2.05, 4.69) is 46.1 Å². The van der Waals surface area contributed by atoms with Crippen LogP contribution in [0, 0.1) is 5.92 Å². The fourth-order valence-corrected chi connectivity index (χ4v) is 3.52. The summed E-state index contributed by atoms with van der Waals surface area (Å²) in [6, 6.07) is 8.23. The minimum absolute atomic E-state index is 0.338. The van der Waals surface area contributed by atoms with Crippen LogP contribution in [0.5, 0.6) is 0 Å². The Morgan fingerprint density at radius 1 is 1.15 bits per heavy atom. The number of rotatable bonds is 2. The maximum atomic E-state index is 12.4. The first kappa shape index (κ1) is 16.4. The van der Waals surface area contributed by atoms with E-state index in [1.165, 1.54) is 4.57 Å². The Morgan fingerprint density at radius 3 is 2.50 bits per heavy atom. The highest BCUT2D eigenvalue weighted by molar-refractivity contribution is 5.77. The lowest BCUT2D eigenvalue weighted by molar-refractivity contribution is 0.458. The maximum Gasteiger partial charge on any atom is 0.329 e. The van der Waals surface area contributed by atoms with E-state index in [9.17, 15) is 9.59 Å². The molecular weight excluding hydrogens is 332 g/mol. The van der Waals surface area contributed by atoms with E-state index < -0.39 is 5.69 Å². The third kappa shape index (κ3) is 2.40. The molecule has 0 amide bonds. The van der Waals surface area contributed by atoms with Gasteiger partial charge in [-0.2, -0.15) is 4.98 Å². The Labute approximate surface area is 150 Å². The molecule has 0 saturated carbocycles. The average Bonchev–Trinajstić information content (AvgIpc) is 2.99. The predicted octanol–water partition coefficient (Wildman–Crippen LogP) is 1.28. The summed E-state index contributed by atoms with van der Waals surface area (Å²) < 4.78 is 3.31. The lowest BCUT2D eigenvalue weighted by Gasteiger charge is -2.33. The first-order chi connectivity index (χ1) is 12.4. The zero-order valence-electron chi connectivity index (χ0n) is 15.4. The van der Waals surface area contributed by atoms with E-state index >= 15 is 0 Å². The van der Waals surface area contributed by atoms with Gasteiger partial charge >= 0.3 is 5.69 Å². The van der Waals surface area contributed by atoms with Crippen molar-refractivity contribution < 1.29 is 0 Å². The molecule has 1 atom stereocenters. The van der Waals surface area contributed by atoms with Crippen molar-refractivity contribution in [2.45, 2.75) is 13.5 Å². The summed E-state index contributed by atoms with van der Waals surface area (Å²) in [5.41, 5.74) is 2.15. The topological polar surface area (TPSA) is 79.2 Å². The van der Waals surface area contributed by atoms with E-state index in [1.807, 2.05) is 23.6 Å². The molecule has 3 aromatic rings. The number of imidazole rings is 1. The Balaban J connectivity index is 1.92. The van der Waals surface area contributed by atoms with Crippen LogP contribution in [0.2, 0.25) is 0 Å². The second-order valence-electron chi connectivity index (χ2n) is 7.14. The highest BCUT2D eigenvalue weighted by Gasteiger charge is 2.28. The van der Waals surface area contributed by atoms with Crippen molar-refractivity contribution in [3.63, 3.8) is 0 Å². The highest BCUT2D eigenvalue weighted by atomic mass is 16.2. The zero-order valence-corrected chi connectivity index (χ0v) is 15.4. The van der Waals surface area contributed by atoms with Crippen molar-refractivity contribution in [1.29, 1.82) is 0 Å². The third-order valence-electron chi connectivity index (χ3n) is 4.89. The fraction of sp³-hybridized carbons (Fsp3) is 0.389. The zero-order chi connectivity index (χ0) is 18.6. The van der Waals surface area contributed by atoms with Gasteiger partial charge in [-0.1, -0.05) is 6.92 Å². The molecule has 136 valence electrons. The van der Waals surface area contributed by atoms with Gasteiger partial charge in [0.2, 0.25) is 5.95 Å². The molecule has 1 N–H and O–H groups in total. The molecule has 1 aromatic carbocycles. The number of benzene rings is 1. The molecule has 4 rings (SSSR count). The number of hydrogen-bond acceptors (Lipinski definition) is 5. The molecule has 0 aliphatic carbocycles. The van der Waals surface area contributed by atoms with Crippen LogP contribution in [-0.2, 0) is 13.6 Å². The molecule has 0 saturated heterocycles. The average molecular weight is 354 g/mol. The molecule has 3 heterocycles. The van der Waals surface area contributed by atoms with Gasteiger partial charge < -0.3 is 14.4 Å². The summed E-state index contributed by atoms with van der Waals surface area (Å²) in [7, 11) is 5.63. The molecule has 1 aliphatic rings. The van der Waals surface area contributed by atoms with Crippen LogP contribution in [0.3, 0.4) is 0 Å². The van der Waals surface area contributed by atoms with E-state index in [4.69, 9.17) is 0 Å². The minimum atomic E-state index is -0.451. The van der Waals surface area contributed by atoms with Gasteiger partial charge in [-0.05, 0) is 30.2 Å². The largest absolute Gasteiger partial charge is 0.378 e. The van der Waals surface area contributed by atoms with Gasteiger partial charge in [0, 0.05) is 45.6 Å². The SMILES string of the molecule is C[C@H]1CN(c2ccc(N(C)C)cc2)c2nc3c(c(=O)[nH]c(=O)n3C)n2C1. The van der Waals surface area contributed by atoms with Gasteiger partial charge in [-0.15, -0.1) is 0 Å². The fourth-order valence-electron chi connectivity index (χ4n) is 3.52. The van der Waals surface area contributed by atoms with Crippen molar-refractivity contribution in [3.8, 4) is 0 Å². The van der Waals surface area contributed by atoms with Crippen LogP contribution < -0.4 is 21.0 Å². The number of fused-ring (bicyclic) bond motifs is 3. The molecule has 1 aliphatic heterocycles. The number of aromatic nitrogens is 4. The van der Waals surface area contributed by atoms with Crippen LogP contribution in [-0.4, -0.2) is 39.7 Å². The van der Waals surface area contributed by atoms with Crippen molar-refractivity contribution in [2.75, 3.05) is 30.4 Å². The first-order valence-electron chi connectivity index (χ1n) is 8.61. The normalized spacial score (nSPS) is 16.8. The predicted molar refractivity (Wildman–Crippen MR) is 103 cm³/mol. The van der Waals surface area contributed by atoms with Crippen molar-refractivity contribution >= 4 is 28.5 Å². The van der Waals surface area contributed by atoms with Crippen molar-refractivity contribution in [2.24, 2.45) is 13.0 Å². The molecule has 0 fully saturated rings. The van der Waals surface area contributed by atoms with E-state index in [0.717, 1.165) is 17.9 Å². The molecule has 8 nitrogen and oxygen atoms in total. The lowest BCUT2D eigenvalue weighted by Crippen LogP contribution is -2.35. The van der Waals surface area contributed by atoms with Crippen LogP contribution >= 0.6 is 0 Å². The molecule has 0 radical (unpaired) electrons. The highest BCUT2D eigenvalue weighted by Crippen LogP contribution is 2.33. The Hall–Kier alpha value is -3.03. The molecule has 0 bridgehead atoms. The molecule has 26 heavy (non-hydrogen) atoms. The van der Waals surface area contributed by atoms with E-state index in [0.29, 0.717) is 29.6 Å². The second kappa shape index (κ2) is 5.76. The summed E-state index contributed by atoms with van der Waals surface area (Å²) in [4.78, 5) is 35.5. The molecular formula is C18H22N6O2. The molecule has 0 unspecified atom stereocenters. The summed E-state index contributed by atoms with van der Waals surface area (Å²) >= 11 is 0. The van der Waals surface area contributed by atoms with Gasteiger partial charge in [0.25, 0.3) is 5.56 Å². The second-order valence-corrected chi connectivity index (χ2v) is 7.14. The number of nitrogens with zero attached hydrogens (tertiary/aromatic N) is 5. The minimum Gasteiger partial charge on any atom is -0.378 e. The summed E-state index contributed by atoms with van der Waals surface area (Å²) in [6.45, 7) is 3.64. The van der Waals surface area contributed by atoms with Gasteiger partial charge in [0.05, 0.1) is 0 Å². The number of aromatic amines is 1. The third-order valence-corrected chi connectivity index (χ3v) is 4.89. The number of aryl methyl sites for hydroxylation is 1. The number of H-pyrrole nitrogens is 1. The Morgan fingerprint density at radius 2 is 1.85 bits per heavy atom. The number of hydrogen-bond donors (Lipinski definition) is 1. The molecule has 8 heteroatoms. The van der Waals surface area contributed by atoms with Crippen molar-refractivity contribution in [3.05, 3.63) is 45.1 Å². The van der Waals surface area contributed by atoms with Crippen LogP contribution in [0.25, 0.3) is 11.2 Å². The van der Waals surface area contributed by atoms with Crippen LogP contribution in [0.15, 0.2) is 33.9 Å². The summed E-state index contributed by atoms with van der Waals surface area (Å²) in [6.07, 6.45) is 0. The standard InChI is InChI=1S/C18H22N6O2/c1-11-9-23(13-7-5-12(6-8-13)21(2)3)17-19-15-14(24(17)10-11)16(25)20-18(26)22(15)4/h5-8,11H,9-10H2,1-4H3,(H,20,25,26)/t11-/m0/s1. The van der Waals surface area contributed by atoms with Crippen LogP contribution in [0.1, 0.15) is 6.92 Å². The van der Waals surface area contributed by atoms with Crippen molar-refractivity contribution in [1.82, 2.24) is 19.1 Å². The summed E-state index contributed by atoms with van der Waals surface area (Å²) in [5.74, 6) is 1.03. The smallest absolute Gasteiger partial charge is 0.329 e. The van der Waals surface area contributed by atoms with Gasteiger partial charge in [-0.3, -0.25) is 14.3 Å². The summed E-state index contributed by atoms with van der Waals surface area (Å²) in [5, 5.41) is 0. The van der Waals surface area contributed by atoms with E-state index in [1.54, 1.807) is 7.05 Å². The van der Waals surface area contributed by atoms with Crippen LogP contribution in [0.4, 0.5) is 17.3 Å². The lowest BCUT2D eigenvalue weighted by atomic mass is 10.1. The van der Waals surface area contributed by atoms with Gasteiger partial charge in [0.15, 0.2) is 11.2 Å². The van der Waals surface area contributed by atoms with Gasteiger partial charge in [0.1, 0.15) is 0 Å². The Kier molecular flexibility index (Phi) is 3.64. The number of nitrogens with one attached hydrogen (secondary N) is 1. The monoisotopic (exact) mass is 354 g/mol. The molecule has 2 aromatic heterocycles. The van der Waals surface area contributed by atoms with Gasteiger partial charge in [-0.25, -0.2) is 4.79 Å². The van der Waals surface area contributed by atoms with E-state index in [-0.39, 0.29) is 5.56 Å². The Bertz CT molecular complexity index is 1090. The quantitative estimate of drug-likeness (QED) is 0.750. The first-order valence-corrected chi connectivity index (χ1v) is 8.61. The maximum absolute atomic E-state index is 12.4. The molecule has 0 spiro atoms. The number of anilines is 3.